The van der Waals surface area contributed by atoms with Crippen LogP contribution in [-0.2, 0) is 6.42 Å². The van der Waals surface area contributed by atoms with Gasteiger partial charge in [-0.3, -0.25) is 0 Å². The van der Waals surface area contributed by atoms with E-state index >= 15 is 0 Å². The lowest BCUT2D eigenvalue weighted by Crippen LogP contribution is -2.45. The van der Waals surface area contributed by atoms with Crippen molar-refractivity contribution in [1.82, 2.24) is 20.2 Å². The Morgan fingerprint density at radius 2 is 2.31 bits per heavy atom. The molecule has 2 heterocycles. The van der Waals surface area contributed by atoms with E-state index in [9.17, 15) is 4.79 Å². The average Bonchev–Trinajstić information content (AvgIpc) is 3.22. The molecule has 1 saturated heterocycles. The zero-order chi connectivity index (χ0) is 18.2. The van der Waals surface area contributed by atoms with E-state index in [1.807, 2.05) is 29.3 Å². The maximum Gasteiger partial charge on any atom is 0.317 e. The molecule has 6 nitrogen and oxygen atoms in total. The van der Waals surface area contributed by atoms with Gasteiger partial charge in [0, 0.05) is 37.9 Å². The van der Waals surface area contributed by atoms with E-state index in [0.29, 0.717) is 19.1 Å². The minimum atomic E-state index is 0.00761. The fourth-order valence-corrected chi connectivity index (χ4v) is 3.36. The second-order valence-corrected chi connectivity index (χ2v) is 6.70. The van der Waals surface area contributed by atoms with Crippen LogP contribution in [0.2, 0.25) is 0 Å². The lowest BCUT2D eigenvalue weighted by Gasteiger charge is -2.31. The van der Waals surface area contributed by atoms with Gasteiger partial charge in [0.15, 0.2) is 0 Å². The Morgan fingerprint density at radius 1 is 1.42 bits per heavy atom. The Kier molecular flexibility index (Phi) is 6.52. The third kappa shape index (κ3) is 4.77. The molecule has 6 heteroatoms. The summed E-state index contributed by atoms with van der Waals surface area (Å²) >= 11 is 0. The first kappa shape index (κ1) is 18.3. The van der Waals surface area contributed by atoms with E-state index in [1.54, 1.807) is 6.20 Å². The number of urea groups is 1. The number of carbonyl (C=O) groups excluding carboxylic acids is 1. The first-order valence-electron chi connectivity index (χ1n) is 9.50. The summed E-state index contributed by atoms with van der Waals surface area (Å²) in [6.45, 7) is 4.94. The number of aromatic amines is 1. The Bertz CT molecular complexity index is 687. The number of piperidine rings is 1. The van der Waals surface area contributed by atoms with Crippen LogP contribution in [0, 0.1) is 0 Å². The van der Waals surface area contributed by atoms with Gasteiger partial charge in [-0.1, -0.05) is 25.1 Å². The molecule has 1 fully saturated rings. The summed E-state index contributed by atoms with van der Waals surface area (Å²) in [5, 5.41) is 3.05. The number of carbonyl (C=O) groups is 1. The van der Waals surface area contributed by atoms with Crippen molar-refractivity contribution in [1.29, 1.82) is 0 Å². The third-order valence-electron chi connectivity index (χ3n) is 4.72. The fraction of sp³-hybridized carbons (Fsp3) is 0.500. The second kappa shape index (κ2) is 9.27. The number of H-pyrrole nitrogens is 1. The molecule has 0 radical (unpaired) electrons. The number of imidazole rings is 1. The summed E-state index contributed by atoms with van der Waals surface area (Å²) in [4.78, 5) is 21.9. The van der Waals surface area contributed by atoms with Gasteiger partial charge < -0.3 is 19.9 Å². The number of nitrogens with zero attached hydrogens (tertiary/aromatic N) is 2. The van der Waals surface area contributed by atoms with Gasteiger partial charge in [-0.2, -0.15) is 0 Å². The third-order valence-corrected chi connectivity index (χ3v) is 4.72. The van der Waals surface area contributed by atoms with Crippen LogP contribution in [0.15, 0.2) is 36.7 Å². The number of rotatable bonds is 7. The lowest BCUT2D eigenvalue weighted by molar-refractivity contribution is 0.178. The molecule has 0 saturated carbocycles. The predicted octanol–water partition coefficient (Wildman–Crippen LogP) is 3.33. The molecule has 2 amide bonds. The van der Waals surface area contributed by atoms with Crippen molar-refractivity contribution in [3.63, 3.8) is 0 Å². The molecule has 1 aliphatic rings. The van der Waals surface area contributed by atoms with Crippen molar-refractivity contribution in [2.75, 3.05) is 26.2 Å². The van der Waals surface area contributed by atoms with Gasteiger partial charge in [0.2, 0.25) is 0 Å². The van der Waals surface area contributed by atoms with E-state index in [4.69, 9.17) is 4.74 Å². The van der Waals surface area contributed by atoms with Crippen LogP contribution in [0.3, 0.4) is 0 Å². The van der Waals surface area contributed by atoms with Crippen LogP contribution in [0.5, 0.6) is 5.75 Å². The summed E-state index contributed by atoms with van der Waals surface area (Å²) in [5.41, 5.74) is 1.13. The number of hydrogen-bond acceptors (Lipinski definition) is 3. The van der Waals surface area contributed by atoms with Gasteiger partial charge in [-0.05, 0) is 37.3 Å². The Labute approximate surface area is 155 Å². The molecule has 3 rings (SSSR count). The largest absolute Gasteiger partial charge is 0.493 e. The summed E-state index contributed by atoms with van der Waals surface area (Å²) in [6.07, 6.45) is 7.43. The number of nitrogens with one attached hydrogen (secondary N) is 2. The van der Waals surface area contributed by atoms with Crippen molar-refractivity contribution in [2.24, 2.45) is 0 Å². The molecule has 0 aliphatic carbocycles. The van der Waals surface area contributed by atoms with Gasteiger partial charge in [-0.25, -0.2) is 9.78 Å². The molecule has 0 bridgehead atoms. The van der Waals surface area contributed by atoms with Crippen molar-refractivity contribution >= 4 is 6.03 Å². The summed E-state index contributed by atoms with van der Waals surface area (Å²) in [5.74, 6) is 2.19. The zero-order valence-corrected chi connectivity index (χ0v) is 15.4. The smallest absolute Gasteiger partial charge is 0.317 e. The van der Waals surface area contributed by atoms with Crippen LogP contribution in [0.4, 0.5) is 4.79 Å². The summed E-state index contributed by atoms with van der Waals surface area (Å²) in [7, 11) is 0. The van der Waals surface area contributed by atoms with E-state index < -0.39 is 0 Å². The molecule has 1 atom stereocenters. The van der Waals surface area contributed by atoms with Crippen molar-refractivity contribution in [3.05, 3.63) is 48.0 Å². The van der Waals surface area contributed by atoms with Gasteiger partial charge in [0.05, 0.1) is 6.61 Å². The molecule has 1 aromatic carbocycles. The second-order valence-electron chi connectivity index (χ2n) is 6.70. The van der Waals surface area contributed by atoms with Crippen LogP contribution in [-0.4, -0.2) is 47.1 Å². The monoisotopic (exact) mass is 356 g/mol. The zero-order valence-electron chi connectivity index (χ0n) is 15.4. The average molecular weight is 356 g/mol. The Balaban J connectivity index is 1.48. The quantitative estimate of drug-likeness (QED) is 0.799. The van der Waals surface area contributed by atoms with E-state index in [-0.39, 0.29) is 6.03 Å². The highest BCUT2D eigenvalue weighted by atomic mass is 16.5. The minimum absolute atomic E-state index is 0.00761. The fourth-order valence-electron chi connectivity index (χ4n) is 3.36. The first-order valence-corrected chi connectivity index (χ1v) is 9.50. The van der Waals surface area contributed by atoms with E-state index in [1.165, 1.54) is 0 Å². The van der Waals surface area contributed by atoms with Crippen LogP contribution >= 0.6 is 0 Å². The standard InChI is InChI=1S/C20H28N4O2/c1-2-14-26-18-8-4-3-6-16(18)9-10-23-20(25)24-13-5-7-17(15-24)19-21-11-12-22-19/h3-4,6,8,11-12,17H,2,5,7,9-10,13-15H2,1H3,(H,21,22)(H,23,25). The highest BCUT2D eigenvalue weighted by molar-refractivity contribution is 5.74. The minimum Gasteiger partial charge on any atom is -0.493 e. The number of likely N-dealkylation sites (tertiary alicyclic amines) is 1. The Morgan fingerprint density at radius 3 is 3.12 bits per heavy atom. The number of aromatic nitrogens is 2. The molecular weight excluding hydrogens is 328 g/mol. The van der Waals surface area contributed by atoms with Gasteiger partial charge >= 0.3 is 6.03 Å². The van der Waals surface area contributed by atoms with Crippen molar-refractivity contribution < 1.29 is 9.53 Å². The molecule has 2 N–H and O–H groups in total. The summed E-state index contributed by atoms with van der Waals surface area (Å²) < 4.78 is 5.78. The molecular formula is C20H28N4O2. The lowest BCUT2D eigenvalue weighted by atomic mass is 9.98. The topological polar surface area (TPSA) is 70.2 Å². The number of ether oxygens (including phenoxy) is 1. The van der Waals surface area contributed by atoms with Gasteiger partial charge in [0.25, 0.3) is 0 Å². The van der Waals surface area contributed by atoms with Gasteiger partial charge in [0.1, 0.15) is 11.6 Å². The Hall–Kier alpha value is -2.50. The molecule has 140 valence electrons. The maximum absolute atomic E-state index is 12.5. The van der Waals surface area contributed by atoms with Crippen molar-refractivity contribution in [3.8, 4) is 5.75 Å². The van der Waals surface area contributed by atoms with Crippen LogP contribution in [0.1, 0.15) is 43.5 Å². The maximum atomic E-state index is 12.5. The highest BCUT2D eigenvalue weighted by Crippen LogP contribution is 2.24. The first-order chi connectivity index (χ1) is 12.8. The number of para-hydroxylation sites is 1. The molecule has 1 aliphatic heterocycles. The molecule has 1 aromatic heterocycles. The molecule has 0 spiro atoms. The highest BCUT2D eigenvalue weighted by Gasteiger charge is 2.25. The normalized spacial score (nSPS) is 17.1. The van der Waals surface area contributed by atoms with E-state index in [2.05, 4.69) is 28.3 Å². The molecule has 26 heavy (non-hydrogen) atoms. The predicted molar refractivity (Wildman–Crippen MR) is 101 cm³/mol. The van der Waals surface area contributed by atoms with Crippen LogP contribution < -0.4 is 10.1 Å². The number of hydrogen-bond donors (Lipinski definition) is 2. The van der Waals surface area contributed by atoms with Gasteiger partial charge in [-0.15, -0.1) is 0 Å². The van der Waals surface area contributed by atoms with E-state index in [0.717, 1.165) is 55.9 Å². The SMILES string of the molecule is CCCOc1ccccc1CCNC(=O)N1CCCC(c2ncc[nH]2)C1. The van der Waals surface area contributed by atoms with Crippen molar-refractivity contribution in [2.45, 2.75) is 38.5 Å². The van der Waals surface area contributed by atoms with Crippen LogP contribution in [0.25, 0.3) is 0 Å². The number of benzene rings is 1. The number of amides is 2. The molecule has 2 aromatic rings. The summed E-state index contributed by atoms with van der Waals surface area (Å²) in [6, 6.07) is 8.05. The molecule has 1 unspecified atom stereocenters.